The monoisotopic (exact) mass is 401 g/mol. The van der Waals surface area contributed by atoms with Crippen LogP contribution < -0.4 is 5.32 Å². The second-order valence-electron chi connectivity index (χ2n) is 7.30. The van der Waals surface area contributed by atoms with Gasteiger partial charge in [-0.3, -0.25) is 14.5 Å². The van der Waals surface area contributed by atoms with Crippen LogP contribution in [0.2, 0.25) is 0 Å². The highest BCUT2D eigenvalue weighted by atomic mass is 19.1. The molecule has 1 aliphatic rings. The molecule has 1 fully saturated rings. The number of benzene rings is 2. The summed E-state index contributed by atoms with van der Waals surface area (Å²) in [6, 6.07) is 9.57. The van der Waals surface area contributed by atoms with Crippen LogP contribution in [0.5, 0.6) is 0 Å². The average molecular weight is 401 g/mol. The standard InChI is InChI=1S/C21H21F2N3O3/c1-13-4-7-15(8-5-13)21(2)19(28)26(20(29)24-21)12-18(27)25(3)11-14-6-9-16(22)10-17(14)23/h4-10H,11-12H2,1-3H3,(H,24,29). The van der Waals surface area contributed by atoms with Crippen molar-refractivity contribution in [2.75, 3.05) is 13.6 Å². The number of halogens is 2. The summed E-state index contributed by atoms with van der Waals surface area (Å²) < 4.78 is 26.8. The summed E-state index contributed by atoms with van der Waals surface area (Å²) in [4.78, 5) is 39.8. The summed E-state index contributed by atoms with van der Waals surface area (Å²) in [5, 5.41) is 2.64. The van der Waals surface area contributed by atoms with Gasteiger partial charge in [0.2, 0.25) is 5.91 Å². The first kappa shape index (κ1) is 20.4. The van der Waals surface area contributed by atoms with E-state index in [1.165, 1.54) is 18.0 Å². The van der Waals surface area contributed by atoms with Crippen molar-refractivity contribution in [2.45, 2.75) is 25.9 Å². The molecule has 1 aliphatic heterocycles. The van der Waals surface area contributed by atoms with Crippen molar-refractivity contribution >= 4 is 17.8 Å². The number of rotatable bonds is 5. The second-order valence-corrected chi connectivity index (χ2v) is 7.30. The highest BCUT2D eigenvalue weighted by molar-refractivity contribution is 6.09. The van der Waals surface area contributed by atoms with Gasteiger partial charge in [0.25, 0.3) is 5.91 Å². The fourth-order valence-electron chi connectivity index (χ4n) is 3.17. The lowest BCUT2D eigenvalue weighted by atomic mass is 9.91. The molecule has 6 nitrogen and oxygen atoms in total. The number of aryl methyl sites for hydroxylation is 1. The molecule has 1 saturated heterocycles. The molecule has 152 valence electrons. The van der Waals surface area contributed by atoms with Gasteiger partial charge in [-0.25, -0.2) is 13.6 Å². The zero-order valence-electron chi connectivity index (χ0n) is 16.3. The third-order valence-corrected chi connectivity index (χ3v) is 5.05. The summed E-state index contributed by atoms with van der Waals surface area (Å²) in [6.45, 7) is 2.89. The van der Waals surface area contributed by atoms with Gasteiger partial charge in [-0.2, -0.15) is 0 Å². The van der Waals surface area contributed by atoms with Crippen molar-refractivity contribution in [3.8, 4) is 0 Å². The number of imide groups is 1. The predicted octanol–water partition coefficient (Wildman–Crippen LogP) is 2.70. The summed E-state index contributed by atoms with van der Waals surface area (Å²) in [5.41, 5.74) is 0.477. The van der Waals surface area contributed by atoms with E-state index in [4.69, 9.17) is 0 Å². The molecule has 0 saturated carbocycles. The van der Waals surface area contributed by atoms with Crippen LogP contribution in [-0.2, 0) is 21.7 Å². The Labute approximate surface area is 167 Å². The van der Waals surface area contributed by atoms with Crippen molar-refractivity contribution in [3.05, 3.63) is 70.8 Å². The molecular formula is C21H21F2N3O3. The minimum atomic E-state index is -1.27. The van der Waals surface area contributed by atoms with Crippen molar-refractivity contribution in [2.24, 2.45) is 0 Å². The maximum absolute atomic E-state index is 13.8. The number of carbonyl (C=O) groups excluding carboxylic acids is 3. The maximum Gasteiger partial charge on any atom is 0.325 e. The molecule has 0 radical (unpaired) electrons. The van der Waals surface area contributed by atoms with E-state index in [0.717, 1.165) is 22.6 Å². The van der Waals surface area contributed by atoms with Gasteiger partial charge in [0, 0.05) is 25.2 Å². The normalized spacial score (nSPS) is 18.7. The lowest BCUT2D eigenvalue weighted by Gasteiger charge is -2.23. The molecule has 8 heteroatoms. The Kier molecular flexibility index (Phi) is 5.37. The van der Waals surface area contributed by atoms with Gasteiger partial charge >= 0.3 is 6.03 Å². The lowest BCUT2D eigenvalue weighted by molar-refractivity contribution is -0.138. The predicted molar refractivity (Wildman–Crippen MR) is 102 cm³/mol. The summed E-state index contributed by atoms with van der Waals surface area (Å²) in [7, 11) is 1.42. The third-order valence-electron chi connectivity index (χ3n) is 5.05. The number of amides is 4. The molecule has 1 N–H and O–H groups in total. The Morgan fingerprint density at radius 3 is 2.41 bits per heavy atom. The Balaban J connectivity index is 1.72. The van der Waals surface area contributed by atoms with E-state index in [0.29, 0.717) is 5.56 Å². The van der Waals surface area contributed by atoms with E-state index >= 15 is 0 Å². The summed E-state index contributed by atoms with van der Waals surface area (Å²) >= 11 is 0. The third kappa shape index (κ3) is 3.96. The van der Waals surface area contributed by atoms with Gasteiger partial charge in [-0.1, -0.05) is 35.9 Å². The summed E-state index contributed by atoms with van der Waals surface area (Å²) in [5.74, 6) is -2.58. The van der Waals surface area contributed by atoms with E-state index in [2.05, 4.69) is 5.32 Å². The Morgan fingerprint density at radius 2 is 1.79 bits per heavy atom. The Bertz CT molecular complexity index is 978. The molecule has 2 aromatic carbocycles. The van der Waals surface area contributed by atoms with Crippen LogP contribution in [0.25, 0.3) is 0 Å². The minimum absolute atomic E-state index is 0.121. The molecule has 1 atom stereocenters. The molecule has 0 aliphatic carbocycles. The van der Waals surface area contributed by atoms with E-state index in [-0.39, 0.29) is 12.1 Å². The smallest absolute Gasteiger partial charge is 0.325 e. The quantitative estimate of drug-likeness (QED) is 0.784. The van der Waals surface area contributed by atoms with E-state index in [9.17, 15) is 23.2 Å². The number of likely N-dealkylation sites (N-methyl/N-ethyl adjacent to an activating group) is 1. The molecule has 0 bridgehead atoms. The van der Waals surface area contributed by atoms with Crippen molar-refractivity contribution < 1.29 is 23.2 Å². The molecule has 29 heavy (non-hydrogen) atoms. The second kappa shape index (κ2) is 7.62. The number of nitrogens with one attached hydrogen (secondary N) is 1. The molecular weight excluding hydrogens is 380 g/mol. The summed E-state index contributed by atoms with van der Waals surface area (Å²) in [6.07, 6.45) is 0. The molecule has 4 amide bonds. The van der Waals surface area contributed by atoms with Crippen LogP contribution in [0.4, 0.5) is 13.6 Å². The number of urea groups is 1. The van der Waals surface area contributed by atoms with Crippen molar-refractivity contribution in [3.63, 3.8) is 0 Å². The molecule has 0 aromatic heterocycles. The van der Waals surface area contributed by atoms with Crippen LogP contribution in [-0.4, -0.2) is 41.2 Å². The molecule has 0 spiro atoms. The topological polar surface area (TPSA) is 69.7 Å². The first-order valence-electron chi connectivity index (χ1n) is 9.01. The number of hydrogen-bond acceptors (Lipinski definition) is 3. The first-order chi connectivity index (χ1) is 13.6. The average Bonchev–Trinajstić information content (AvgIpc) is 2.88. The molecule has 1 unspecified atom stereocenters. The van der Waals surface area contributed by atoms with E-state index in [1.54, 1.807) is 19.1 Å². The fraction of sp³-hybridized carbons (Fsp3) is 0.286. The van der Waals surface area contributed by atoms with Crippen LogP contribution >= 0.6 is 0 Å². The zero-order valence-corrected chi connectivity index (χ0v) is 16.3. The van der Waals surface area contributed by atoms with Gasteiger partial charge in [0.05, 0.1) is 0 Å². The molecule has 3 rings (SSSR count). The molecule has 1 heterocycles. The fourth-order valence-corrected chi connectivity index (χ4v) is 3.17. The number of carbonyl (C=O) groups is 3. The van der Waals surface area contributed by atoms with E-state index in [1.807, 2.05) is 19.1 Å². The highest BCUT2D eigenvalue weighted by Crippen LogP contribution is 2.29. The maximum atomic E-state index is 13.8. The van der Waals surface area contributed by atoms with Crippen LogP contribution in [0.3, 0.4) is 0 Å². The van der Waals surface area contributed by atoms with Gasteiger partial charge < -0.3 is 10.2 Å². The molecule has 2 aromatic rings. The van der Waals surface area contributed by atoms with Gasteiger partial charge in [-0.15, -0.1) is 0 Å². The number of nitrogens with zero attached hydrogens (tertiary/aromatic N) is 2. The van der Waals surface area contributed by atoms with Crippen molar-refractivity contribution in [1.29, 1.82) is 0 Å². The largest absolute Gasteiger partial charge is 0.340 e. The van der Waals surface area contributed by atoms with Gasteiger partial charge in [0.1, 0.15) is 23.7 Å². The van der Waals surface area contributed by atoms with Gasteiger partial charge in [-0.05, 0) is 25.5 Å². The zero-order chi connectivity index (χ0) is 21.3. The number of hydrogen-bond donors (Lipinski definition) is 1. The van der Waals surface area contributed by atoms with Crippen LogP contribution in [0.15, 0.2) is 42.5 Å². The Hall–Kier alpha value is -3.29. The van der Waals surface area contributed by atoms with Gasteiger partial charge in [0.15, 0.2) is 0 Å². The SMILES string of the molecule is Cc1ccc(C2(C)NC(=O)N(CC(=O)N(C)Cc3ccc(F)cc3F)C2=O)cc1. The van der Waals surface area contributed by atoms with Crippen LogP contribution in [0, 0.1) is 18.6 Å². The van der Waals surface area contributed by atoms with Crippen LogP contribution in [0.1, 0.15) is 23.6 Å². The minimum Gasteiger partial charge on any atom is -0.340 e. The first-order valence-corrected chi connectivity index (χ1v) is 9.01. The Morgan fingerprint density at radius 1 is 1.14 bits per heavy atom. The lowest BCUT2D eigenvalue weighted by Crippen LogP contribution is -2.43. The van der Waals surface area contributed by atoms with E-state index < -0.39 is 41.6 Å². The highest BCUT2D eigenvalue weighted by Gasteiger charge is 2.49. The van der Waals surface area contributed by atoms with Crippen molar-refractivity contribution in [1.82, 2.24) is 15.1 Å².